The molecule has 0 N–H and O–H groups in total. The van der Waals surface area contributed by atoms with Gasteiger partial charge in [0.15, 0.2) is 0 Å². The molecule has 25 heavy (non-hydrogen) atoms. The summed E-state index contributed by atoms with van der Waals surface area (Å²) in [6.45, 7) is 3.35. The predicted molar refractivity (Wildman–Crippen MR) is 97.0 cm³/mol. The summed E-state index contributed by atoms with van der Waals surface area (Å²) in [5.41, 5.74) is 1.89. The SMILES string of the molecule is CCC1CCCCN1S(=O)(=O)c1ccc2c(c1)CCN2C(=O)C1CC1. The minimum absolute atomic E-state index is 0.111. The van der Waals surface area contributed by atoms with Gasteiger partial charge in [-0.25, -0.2) is 8.42 Å². The third-order valence-electron chi connectivity index (χ3n) is 5.79. The van der Waals surface area contributed by atoms with Crippen molar-refractivity contribution in [1.29, 1.82) is 0 Å². The average molecular weight is 362 g/mol. The van der Waals surface area contributed by atoms with Crippen LogP contribution in [-0.4, -0.2) is 37.8 Å². The lowest BCUT2D eigenvalue weighted by Gasteiger charge is -2.34. The summed E-state index contributed by atoms with van der Waals surface area (Å²) >= 11 is 0. The molecular formula is C19H26N2O3S. The highest BCUT2D eigenvalue weighted by Gasteiger charge is 2.37. The van der Waals surface area contributed by atoms with Crippen molar-refractivity contribution in [3.63, 3.8) is 0 Å². The van der Waals surface area contributed by atoms with Crippen molar-refractivity contribution in [3.05, 3.63) is 23.8 Å². The molecule has 0 aromatic heterocycles. The molecule has 4 rings (SSSR count). The van der Waals surface area contributed by atoms with Crippen LogP contribution in [0.4, 0.5) is 5.69 Å². The van der Waals surface area contributed by atoms with Gasteiger partial charge in [0.2, 0.25) is 15.9 Å². The molecule has 0 spiro atoms. The van der Waals surface area contributed by atoms with Crippen molar-refractivity contribution in [2.75, 3.05) is 18.0 Å². The van der Waals surface area contributed by atoms with Gasteiger partial charge in [-0.2, -0.15) is 4.31 Å². The number of amides is 1. The largest absolute Gasteiger partial charge is 0.312 e. The highest BCUT2D eigenvalue weighted by Crippen LogP contribution is 2.38. The molecule has 1 atom stereocenters. The maximum atomic E-state index is 13.1. The van der Waals surface area contributed by atoms with Gasteiger partial charge in [-0.15, -0.1) is 0 Å². The first kappa shape index (κ1) is 17.0. The third kappa shape index (κ3) is 2.99. The fraction of sp³-hybridized carbons (Fsp3) is 0.632. The van der Waals surface area contributed by atoms with Crippen LogP contribution in [0.1, 0.15) is 51.0 Å². The summed E-state index contributed by atoms with van der Waals surface area (Å²) in [5, 5.41) is 0. The number of nitrogens with zero attached hydrogens (tertiary/aromatic N) is 2. The van der Waals surface area contributed by atoms with Crippen LogP contribution in [0.15, 0.2) is 23.1 Å². The molecule has 1 unspecified atom stereocenters. The maximum absolute atomic E-state index is 13.1. The van der Waals surface area contributed by atoms with Crippen LogP contribution in [0.2, 0.25) is 0 Å². The molecule has 1 saturated heterocycles. The van der Waals surface area contributed by atoms with Crippen molar-refractivity contribution in [2.24, 2.45) is 5.92 Å². The van der Waals surface area contributed by atoms with Crippen LogP contribution >= 0.6 is 0 Å². The zero-order chi connectivity index (χ0) is 17.6. The van der Waals surface area contributed by atoms with E-state index in [1.165, 1.54) is 0 Å². The lowest BCUT2D eigenvalue weighted by molar-refractivity contribution is -0.119. The number of rotatable bonds is 4. The van der Waals surface area contributed by atoms with Gasteiger partial charge >= 0.3 is 0 Å². The lowest BCUT2D eigenvalue weighted by Crippen LogP contribution is -2.43. The highest BCUT2D eigenvalue weighted by atomic mass is 32.2. The summed E-state index contributed by atoms with van der Waals surface area (Å²) in [6, 6.07) is 5.43. The van der Waals surface area contributed by atoms with Crippen LogP contribution in [0.3, 0.4) is 0 Å². The van der Waals surface area contributed by atoms with E-state index in [9.17, 15) is 13.2 Å². The molecule has 1 saturated carbocycles. The Labute approximate surface area is 150 Å². The molecule has 2 heterocycles. The number of benzene rings is 1. The molecule has 2 fully saturated rings. The number of fused-ring (bicyclic) bond motifs is 1. The van der Waals surface area contributed by atoms with Gasteiger partial charge in [-0.1, -0.05) is 13.3 Å². The Morgan fingerprint density at radius 1 is 1.16 bits per heavy atom. The zero-order valence-corrected chi connectivity index (χ0v) is 15.6. The van der Waals surface area contributed by atoms with Gasteiger partial charge in [0.1, 0.15) is 0 Å². The minimum atomic E-state index is -3.46. The van der Waals surface area contributed by atoms with Crippen LogP contribution in [0.25, 0.3) is 0 Å². The molecule has 1 aliphatic carbocycles. The molecule has 136 valence electrons. The van der Waals surface area contributed by atoms with Gasteiger partial charge in [0, 0.05) is 30.7 Å². The van der Waals surface area contributed by atoms with Crippen molar-refractivity contribution in [2.45, 2.75) is 62.8 Å². The van der Waals surface area contributed by atoms with Gasteiger partial charge in [0.25, 0.3) is 0 Å². The summed E-state index contributed by atoms with van der Waals surface area (Å²) in [5.74, 6) is 0.393. The summed E-state index contributed by atoms with van der Waals surface area (Å²) in [7, 11) is -3.46. The van der Waals surface area contributed by atoms with Gasteiger partial charge < -0.3 is 4.90 Å². The second-order valence-electron chi connectivity index (χ2n) is 7.48. The molecule has 1 amide bonds. The van der Waals surface area contributed by atoms with E-state index in [-0.39, 0.29) is 17.9 Å². The molecule has 1 aromatic carbocycles. The fourth-order valence-electron chi connectivity index (χ4n) is 4.15. The smallest absolute Gasteiger partial charge is 0.243 e. The first-order valence-electron chi connectivity index (χ1n) is 9.48. The van der Waals surface area contributed by atoms with E-state index in [1.807, 2.05) is 11.0 Å². The molecular weight excluding hydrogens is 336 g/mol. The maximum Gasteiger partial charge on any atom is 0.243 e. The van der Waals surface area contributed by atoms with E-state index < -0.39 is 10.0 Å². The number of carbonyl (C=O) groups excluding carboxylic acids is 1. The van der Waals surface area contributed by atoms with E-state index in [4.69, 9.17) is 0 Å². The van der Waals surface area contributed by atoms with Crippen LogP contribution in [-0.2, 0) is 21.2 Å². The number of hydrogen-bond acceptors (Lipinski definition) is 3. The number of carbonyl (C=O) groups is 1. The van der Waals surface area contributed by atoms with Crippen LogP contribution in [0, 0.1) is 5.92 Å². The highest BCUT2D eigenvalue weighted by molar-refractivity contribution is 7.89. The topological polar surface area (TPSA) is 57.7 Å². The molecule has 5 nitrogen and oxygen atoms in total. The van der Waals surface area contributed by atoms with Crippen molar-refractivity contribution in [1.82, 2.24) is 4.31 Å². The normalized spacial score (nSPS) is 24.4. The second kappa shape index (κ2) is 6.40. The Morgan fingerprint density at radius 2 is 1.96 bits per heavy atom. The summed E-state index contributed by atoms with van der Waals surface area (Å²) in [6.07, 6.45) is 6.57. The molecule has 1 aromatic rings. The number of hydrogen-bond donors (Lipinski definition) is 0. The Hall–Kier alpha value is -1.40. The van der Waals surface area contributed by atoms with Crippen molar-refractivity contribution < 1.29 is 13.2 Å². The van der Waals surface area contributed by atoms with Gasteiger partial charge in [0.05, 0.1) is 4.90 Å². The molecule has 2 aliphatic heterocycles. The van der Waals surface area contributed by atoms with Crippen molar-refractivity contribution >= 4 is 21.6 Å². The second-order valence-corrected chi connectivity index (χ2v) is 9.37. The van der Waals surface area contributed by atoms with E-state index in [0.717, 1.165) is 56.2 Å². The van der Waals surface area contributed by atoms with E-state index in [0.29, 0.717) is 18.0 Å². The Bertz CT molecular complexity index is 786. The predicted octanol–water partition coefficient (Wildman–Crippen LogP) is 2.94. The minimum Gasteiger partial charge on any atom is -0.312 e. The average Bonchev–Trinajstić information content (AvgIpc) is 3.40. The summed E-state index contributed by atoms with van der Waals surface area (Å²) < 4.78 is 28.0. The Morgan fingerprint density at radius 3 is 2.68 bits per heavy atom. The molecule has 0 bridgehead atoms. The van der Waals surface area contributed by atoms with Gasteiger partial charge in [-0.05, 0) is 62.3 Å². The Balaban J connectivity index is 1.62. The van der Waals surface area contributed by atoms with Crippen molar-refractivity contribution in [3.8, 4) is 0 Å². The van der Waals surface area contributed by atoms with Gasteiger partial charge in [-0.3, -0.25) is 4.79 Å². The third-order valence-corrected chi connectivity index (χ3v) is 7.74. The monoisotopic (exact) mass is 362 g/mol. The van der Waals surface area contributed by atoms with Crippen LogP contribution < -0.4 is 4.90 Å². The lowest BCUT2D eigenvalue weighted by atomic mass is 10.0. The molecule has 0 radical (unpaired) electrons. The van der Waals surface area contributed by atoms with E-state index in [1.54, 1.807) is 16.4 Å². The number of sulfonamides is 1. The first-order chi connectivity index (χ1) is 12.0. The molecule has 6 heteroatoms. The Kier molecular flexibility index (Phi) is 4.36. The zero-order valence-electron chi connectivity index (χ0n) is 14.8. The summed E-state index contributed by atoms with van der Waals surface area (Å²) in [4.78, 5) is 14.6. The number of piperidine rings is 1. The van der Waals surface area contributed by atoms with E-state index >= 15 is 0 Å². The fourth-order valence-corrected chi connectivity index (χ4v) is 5.97. The quantitative estimate of drug-likeness (QED) is 0.827. The van der Waals surface area contributed by atoms with Crippen LogP contribution in [0.5, 0.6) is 0 Å². The molecule has 3 aliphatic rings. The standard InChI is InChI=1S/C19H26N2O3S/c1-2-16-5-3-4-11-21(16)25(23,24)17-8-9-18-15(13-17)10-12-20(18)19(22)14-6-7-14/h8-9,13-14,16H,2-7,10-12H2,1H3. The number of anilines is 1. The first-order valence-corrected chi connectivity index (χ1v) is 10.9. The van der Waals surface area contributed by atoms with E-state index in [2.05, 4.69) is 6.92 Å².